The SMILES string of the molecule is CC(C)(C)[C@H]1Cc2cccc3n[nH]c1c23. The molecule has 0 fully saturated rings. The molecule has 2 heteroatoms. The first-order valence-corrected chi connectivity index (χ1v) is 5.53. The average Bonchev–Trinajstić information content (AvgIpc) is 2.71. The van der Waals surface area contributed by atoms with Crippen LogP contribution in [-0.2, 0) is 6.42 Å². The molecule has 1 atom stereocenters. The van der Waals surface area contributed by atoms with Crippen molar-refractivity contribution in [2.24, 2.45) is 5.41 Å². The van der Waals surface area contributed by atoms with Gasteiger partial charge in [0.2, 0.25) is 0 Å². The van der Waals surface area contributed by atoms with Gasteiger partial charge >= 0.3 is 0 Å². The van der Waals surface area contributed by atoms with Crippen LogP contribution in [0.15, 0.2) is 18.2 Å². The lowest BCUT2D eigenvalue weighted by atomic mass is 9.79. The van der Waals surface area contributed by atoms with Crippen LogP contribution in [0.4, 0.5) is 0 Å². The van der Waals surface area contributed by atoms with Gasteiger partial charge in [-0.2, -0.15) is 5.10 Å². The summed E-state index contributed by atoms with van der Waals surface area (Å²) in [5.74, 6) is 0.583. The maximum absolute atomic E-state index is 4.37. The van der Waals surface area contributed by atoms with Crippen molar-refractivity contribution in [3.63, 3.8) is 0 Å². The number of rotatable bonds is 0. The van der Waals surface area contributed by atoms with Crippen LogP contribution in [0.1, 0.15) is 37.9 Å². The lowest BCUT2D eigenvalue weighted by Gasteiger charge is -2.26. The van der Waals surface area contributed by atoms with Crippen molar-refractivity contribution in [3.8, 4) is 0 Å². The third-order valence-corrected chi connectivity index (χ3v) is 3.51. The molecule has 0 unspecified atom stereocenters. The molecule has 1 aliphatic carbocycles. The van der Waals surface area contributed by atoms with E-state index in [-0.39, 0.29) is 0 Å². The van der Waals surface area contributed by atoms with Crippen LogP contribution in [0.5, 0.6) is 0 Å². The molecule has 78 valence electrons. The first-order valence-electron chi connectivity index (χ1n) is 5.53. The van der Waals surface area contributed by atoms with Gasteiger partial charge in [-0.15, -0.1) is 0 Å². The fourth-order valence-electron chi connectivity index (χ4n) is 2.65. The van der Waals surface area contributed by atoms with Gasteiger partial charge < -0.3 is 0 Å². The van der Waals surface area contributed by atoms with Gasteiger partial charge in [-0.1, -0.05) is 32.9 Å². The number of aromatic nitrogens is 2. The number of hydrogen-bond acceptors (Lipinski definition) is 1. The predicted molar refractivity (Wildman–Crippen MR) is 62.0 cm³/mol. The van der Waals surface area contributed by atoms with Gasteiger partial charge in [-0.05, 0) is 23.5 Å². The highest BCUT2D eigenvalue weighted by Crippen LogP contribution is 2.45. The molecule has 0 amide bonds. The Labute approximate surface area is 89.7 Å². The summed E-state index contributed by atoms with van der Waals surface area (Å²) in [4.78, 5) is 0. The molecule has 0 saturated carbocycles. The fraction of sp³-hybridized carbons (Fsp3) is 0.462. The molecule has 2 nitrogen and oxygen atoms in total. The van der Waals surface area contributed by atoms with Gasteiger partial charge in [0.25, 0.3) is 0 Å². The Bertz CT molecular complexity index is 517. The Morgan fingerprint density at radius 2 is 2.13 bits per heavy atom. The zero-order valence-corrected chi connectivity index (χ0v) is 9.46. The minimum Gasteiger partial charge on any atom is -0.281 e. The van der Waals surface area contributed by atoms with Crippen LogP contribution >= 0.6 is 0 Å². The lowest BCUT2D eigenvalue weighted by Crippen LogP contribution is -2.18. The quantitative estimate of drug-likeness (QED) is 0.694. The fourth-order valence-corrected chi connectivity index (χ4v) is 2.65. The molecule has 1 aliphatic rings. The molecule has 2 aromatic rings. The summed E-state index contributed by atoms with van der Waals surface area (Å²) in [5, 5.41) is 8.96. The normalized spacial score (nSPS) is 20.1. The molecule has 0 bridgehead atoms. The topological polar surface area (TPSA) is 28.7 Å². The van der Waals surface area contributed by atoms with Crippen molar-refractivity contribution in [2.45, 2.75) is 33.1 Å². The summed E-state index contributed by atoms with van der Waals surface area (Å²) in [6.45, 7) is 6.91. The molecule has 0 aliphatic heterocycles. The molecule has 1 aromatic heterocycles. The van der Waals surface area contributed by atoms with Crippen LogP contribution in [0.3, 0.4) is 0 Å². The maximum Gasteiger partial charge on any atom is 0.0926 e. The predicted octanol–water partition coefficient (Wildman–Crippen LogP) is 3.25. The van der Waals surface area contributed by atoms with E-state index in [1.807, 2.05) is 0 Å². The van der Waals surface area contributed by atoms with Gasteiger partial charge in [-0.3, -0.25) is 5.10 Å². The maximum atomic E-state index is 4.37. The Morgan fingerprint density at radius 1 is 1.33 bits per heavy atom. The van der Waals surface area contributed by atoms with Crippen LogP contribution in [0.2, 0.25) is 0 Å². The van der Waals surface area contributed by atoms with Crippen LogP contribution in [-0.4, -0.2) is 10.2 Å². The van der Waals surface area contributed by atoms with Crippen molar-refractivity contribution in [1.29, 1.82) is 0 Å². The van der Waals surface area contributed by atoms with E-state index in [1.165, 1.54) is 16.6 Å². The zero-order valence-electron chi connectivity index (χ0n) is 9.46. The van der Waals surface area contributed by atoms with Gasteiger partial charge in [-0.25, -0.2) is 0 Å². The van der Waals surface area contributed by atoms with Crippen molar-refractivity contribution >= 4 is 10.9 Å². The van der Waals surface area contributed by atoms with Crippen molar-refractivity contribution in [3.05, 3.63) is 29.5 Å². The number of H-pyrrole nitrogens is 1. The van der Waals surface area contributed by atoms with Crippen LogP contribution in [0.25, 0.3) is 10.9 Å². The summed E-state index contributed by atoms with van der Waals surface area (Å²) in [6, 6.07) is 6.42. The van der Waals surface area contributed by atoms with E-state index in [9.17, 15) is 0 Å². The second kappa shape index (κ2) is 2.63. The number of aromatic amines is 1. The second-order valence-electron chi connectivity index (χ2n) is 5.57. The molecule has 0 spiro atoms. The minimum atomic E-state index is 0.304. The van der Waals surface area contributed by atoms with E-state index in [1.54, 1.807) is 0 Å². The van der Waals surface area contributed by atoms with Gasteiger partial charge in [0.05, 0.1) is 5.52 Å². The first-order chi connectivity index (χ1) is 7.07. The molecule has 15 heavy (non-hydrogen) atoms. The molecular weight excluding hydrogens is 184 g/mol. The number of nitrogens with one attached hydrogen (secondary N) is 1. The van der Waals surface area contributed by atoms with E-state index in [2.05, 4.69) is 49.2 Å². The van der Waals surface area contributed by atoms with Crippen LogP contribution < -0.4 is 0 Å². The summed E-state index contributed by atoms with van der Waals surface area (Å²) in [6.07, 6.45) is 1.16. The van der Waals surface area contributed by atoms with Crippen molar-refractivity contribution in [2.75, 3.05) is 0 Å². The van der Waals surface area contributed by atoms with E-state index >= 15 is 0 Å². The largest absolute Gasteiger partial charge is 0.281 e. The summed E-state index contributed by atoms with van der Waals surface area (Å²) in [7, 11) is 0. The molecular formula is C13H16N2. The highest BCUT2D eigenvalue weighted by molar-refractivity contribution is 5.87. The van der Waals surface area contributed by atoms with E-state index < -0.39 is 0 Å². The Morgan fingerprint density at radius 3 is 2.87 bits per heavy atom. The standard InChI is InChI=1S/C13H16N2/c1-13(2,3)9-7-8-5-4-6-10-11(8)12(9)15-14-10/h4-6,9H,7H2,1-3H3,(H,14,15)/t9-/m0/s1. The Hall–Kier alpha value is -1.31. The summed E-state index contributed by atoms with van der Waals surface area (Å²) >= 11 is 0. The average molecular weight is 200 g/mol. The number of nitrogens with zero attached hydrogens (tertiary/aromatic N) is 1. The lowest BCUT2D eigenvalue weighted by molar-refractivity contribution is 0.320. The smallest absolute Gasteiger partial charge is 0.0926 e. The third-order valence-electron chi connectivity index (χ3n) is 3.51. The third kappa shape index (κ3) is 1.14. The highest BCUT2D eigenvalue weighted by atomic mass is 15.1. The van der Waals surface area contributed by atoms with E-state index in [0.717, 1.165) is 11.9 Å². The van der Waals surface area contributed by atoms with E-state index in [4.69, 9.17) is 0 Å². The number of benzene rings is 1. The molecule has 0 radical (unpaired) electrons. The molecule has 1 aromatic carbocycles. The molecule has 1 N–H and O–H groups in total. The second-order valence-corrected chi connectivity index (χ2v) is 5.57. The first kappa shape index (κ1) is 8.96. The molecule has 0 saturated heterocycles. The van der Waals surface area contributed by atoms with Crippen LogP contribution in [0, 0.1) is 5.41 Å². The Balaban J connectivity index is 2.25. The molecule has 1 heterocycles. The van der Waals surface area contributed by atoms with Gasteiger partial charge in [0, 0.05) is 17.0 Å². The van der Waals surface area contributed by atoms with Crippen molar-refractivity contribution in [1.82, 2.24) is 10.2 Å². The summed E-state index contributed by atoms with van der Waals surface area (Å²) < 4.78 is 0. The summed E-state index contributed by atoms with van der Waals surface area (Å²) in [5.41, 5.74) is 4.22. The monoisotopic (exact) mass is 200 g/mol. The van der Waals surface area contributed by atoms with Crippen molar-refractivity contribution < 1.29 is 0 Å². The zero-order chi connectivity index (χ0) is 10.6. The van der Waals surface area contributed by atoms with Gasteiger partial charge in [0.15, 0.2) is 0 Å². The Kier molecular flexibility index (Phi) is 1.57. The van der Waals surface area contributed by atoms with Gasteiger partial charge in [0.1, 0.15) is 0 Å². The highest BCUT2D eigenvalue weighted by Gasteiger charge is 2.34. The molecule has 3 rings (SSSR count). The van der Waals surface area contributed by atoms with E-state index in [0.29, 0.717) is 11.3 Å². The minimum absolute atomic E-state index is 0.304. The number of hydrogen-bond donors (Lipinski definition) is 1.